The molecule has 0 unspecified atom stereocenters. The molecule has 1 aromatic heterocycles. The Hall–Kier alpha value is -1.89. The van der Waals surface area contributed by atoms with Gasteiger partial charge >= 0.3 is 12.3 Å². The molecule has 1 N–H and O–H groups in total. The molecule has 21 heavy (non-hydrogen) atoms. The molecule has 8 heteroatoms. The van der Waals surface area contributed by atoms with Crippen molar-refractivity contribution in [2.24, 2.45) is 0 Å². The topological polar surface area (TPSA) is 37.8 Å². The van der Waals surface area contributed by atoms with E-state index in [-0.39, 0.29) is 16.8 Å². The fraction of sp³-hybridized carbons (Fsp3) is 0.231. The summed E-state index contributed by atoms with van der Waals surface area (Å²) in [5.74, 6) is -3.98. The second-order valence-corrected chi connectivity index (χ2v) is 4.57. The summed E-state index contributed by atoms with van der Waals surface area (Å²) in [4.78, 5) is 7.94. The average molecular weight is 320 g/mol. The van der Waals surface area contributed by atoms with Gasteiger partial charge in [-0.05, 0) is 0 Å². The number of rotatable bonds is 5. The van der Waals surface area contributed by atoms with Crippen LogP contribution < -0.4 is 5.32 Å². The molecular formula is C13H10ClF4N3. The summed E-state index contributed by atoms with van der Waals surface area (Å²) in [6, 6.07) is 9.90. The first-order chi connectivity index (χ1) is 9.88. The van der Waals surface area contributed by atoms with Crippen molar-refractivity contribution in [2.45, 2.75) is 12.3 Å². The van der Waals surface area contributed by atoms with Crippen LogP contribution in [0.2, 0.25) is 5.15 Å². The van der Waals surface area contributed by atoms with Gasteiger partial charge in [0.05, 0.1) is 6.54 Å². The third kappa shape index (κ3) is 4.04. The van der Waals surface area contributed by atoms with Crippen molar-refractivity contribution in [2.75, 3.05) is 11.9 Å². The van der Waals surface area contributed by atoms with Gasteiger partial charge in [0.15, 0.2) is 5.82 Å². The predicted molar refractivity (Wildman–Crippen MR) is 71.9 cm³/mol. The highest BCUT2D eigenvalue weighted by molar-refractivity contribution is 6.29. The fourth-order valence-corrected chi connectivity index (χ4v) is 1.69. The van der Waals surface area contributed by atoms with Crippen LogP contribution in [0.3, 0.4) is 0 Å². The van der Waals surface area contributed by atoms with Gasteiger partial charge in [-0.15, -0.1) is 0 Å². The van der Waals surface area contributed by atoms with Crippen molar-refractivity contribution in [1.29, 1.82) is 0 Å². The van der Waals surface area contributed by atoms with Gasteiger partial charge in [-0.1, -0.05) is 41.9 Å². The van der Waals surface area contributed by atoms with E-state index in [0.717, 1.165) is 0 Å². The molecule has 2 aromatic rings. The zero-order valence-electron chi connectivity index (χ0n) is 10.5. The fourth-order valence-electron chi connectivity index (χ4n) is 1.51. The molecule has 0 amide bonds. The zero-order valence-corrected chi connectivity index (χ0v) is 11.3. The molecule has 0 atom stereocenters. The van der Waals surface area contributed by atoms with E-state index in [1.807, 2.05) is 0 Å². The minimum Gasteiger partial charge on any atom is -0.364 e. The maximum Gasteiger partial charge on any atom is 0.324 e. The van der Waals surface area contributed by atoms with Crippen molar-refractivity contribution < 1.29 is 17.6 Å². The van der Waals surface area contributed by atoms with E-state index in [2.05, 4.69) is 15.3 Å². The van der Waals surface area contributed by atoms with Crippen LogP contribution in [-0.4, -0.2) is 28.9 Å². The molecule has 0 fully saturated rings. The number of nitrogens with zero attached hydrogens (tertiary/aromatic N) is 2. The van der Waals surface area contributed by atoms with Crippen molar-refractivity contribution in [3.63, 3.8) is 0 Å². The number of hydrogen-bond acceptors (Lipinski definition) is 3. The molecule has 1 aromatic carbocycles. The SMILES string of the molecule is FC(F)C(F)(F)CNc1cc(Cl)nc(-c2ccccc2)n1. The van der Waals surface area contributed by atoms with Crippen LogP contribution in [0.5, 0.6) is 0 Å². The minimum absolute atomic E-state index is 0.0201. The highest BCUT2D eigenvalue weighted by Crippen LogP contribution is 2.24. The molecule has 0 aliphatic heterocycles. The van der Waals surface area contributed by atoms with Crippen LogP contribution in [0.1, 0.15) is 0 Å². The first-order valence-electron chi connectivity index (χ1n) is 5.88. The van der Waals surface area contributed by atoms with Gasteiger partial charge in [0.25, 0.3) is 0 Å². The Morgan fingerprint density at radius 2 is 1.81 bits per heavy atom. The number of hydrogen-bond donors (Lipinski definition) is 1. The Morgan fingerprint density at radius 3 is 2.43 bits per heavy atom. The maximum atomic E-state index is 12.9. The number of nitrogens with one attached hydrogen (secondary N) is 1. The molecule has 3 nitrogen and oxygen atoms in total. The molecule has 0 bridgehead atoms. The van der Waals surface area contributed by atoms with Crippen molar-refractivity contribution in [1.82, 2.24) is 9.97 Å². The van der Waals surface area contributed by atoms with E-state index in [1.165, 1.54) is 6.07 Å². The number of alkyl halides is 4. The summed E-state index contributed by atoms with van der Waals surface area (Å²) >= 11 is 5.79. The number of aromatic nitrogens is 2. The monoisotopic (exact) mass is 319 g/mol. The van der Waals surface area contributed by atoms with E-state index >= 15 is 0 Å². The van der Waals surface area contributed by atoms with Gasteiger partial charge in [-0.2, -0.15) is 8.78 Å². The molecule has 0 aliphatic carbocycles. The van der Waals surface area contributed by atoms with E-state index in [4.69, 9.17) is 11.6 Å². The Balaban J connectivity index is 2.20. The molecule has 1 heterocycles. The lowest BCUT2D eigenvalue weighted by Gasteiger charge is -2.16. The second kappa shape index (κ2) is 6.26. The Labute approximate surface area is 123 Å². The third-order valence-corrected chi connectivity index (χ3v) is 2.74. The Morgan fingerprint density at radius 1 is 1.14 bits per heavy atom. The lowest BCUT2D eigenvalue weighted by Crippen LogP contribution is -2.35. The van der Waals surface area contributed by atoms with Gasteiger partial charge in [0.2, 0.25) is 0 Å². The Kier molecular flexibility index (Phi) is 4.62. The lowest BCUT2D eigenvalue weighted by molar-refractivity contribution is -0.117. The summed E-state index contributed by atoms with van der Waals surface area (Å²) in [7, 11) is 0. The highest BCUT2D eigenvalue weighted by atomic mass is 35.5. The van der Waals surface area contributed by atoms with E-state index in [0.29, 0.717) is 5.56 Å². The third-order valence-electron chi connectivity index (χ3n) is 2.55. The van der Waals surface area contributed by atoms with Gasteiger partial charge in [0, 0.05) is 11.6 Å². The van der Waals surface area contributed by atoms with Gasteiger partial charge in [-0.25, -0.2) is 18.7 Å². The molecule has 112 valence electrons. The average Bonchev–Trinajstić information content (AvgIpc) is 2.45. The Bertz CT molecular complexity index is 608. The molecule has 0 saturated heterocycles. The molecule has 0 aliphatic rings. The molecule has 0 spiro atoms. The number of halogens is 5. The van der Waals surface area contributed by atoms with Gasteiger partial charge in [0.1, 0.15) is 11.0 Å². The summed E-state index contributed by atoms with van der Waals surface area (Å²) in [5, 5.41) is 2.17. The predicted octanol–water partition coefficient (Wildman–Crippen LogP) is 4.11. The van der Waals surface area contributed by atoms with Crippen LogP contribution in [-0.2, 0) is 0 Å². The summed E-state index contributed by atoms with van der Waals surface area (Å²) < 4.78 is 49.9. The summed E-state index contributed by atoms with van der Waals surface area (Å²) in [5.41, 5.74) is 0.628. The van der Waals surface area contributed by atoms with E-state index in [1.54, 1.807) is 30.3 Å². The largest absolute Gasteiger partial charge is 0.364 e. The van der Waals surface area contributed by atoms with Crippen LogP contribution in [0.25, 0.3) is 11.4 Å². The van der Waals surface area contributed by atoms with Crippen LogP contribution in [0, 0.1) is 0 Å². The van der Waals surface area contributed by atoms with Crippen molar-refractivity contribution in [3.8, 4) is 11.4 Å². The summed E-state index contributed by atoms with van der Waals surface area (Å²) in [6.45, 7) is -1.24. The van der Waals surface area contributed by atoms with Crippen LogP contribution in [0.15, 0.2) is 36.4 Å². The minimum atomic E-state index is -4.15. The van der Waals surface area contributed by atoms with Crippen molar-refractivity contribution in [3.05, 3.63) is 41.6 Å². The number of anilines is 1. The second-order valence-electron chi connectivity index (χ2n) is 4.18. The smallest absolute Gasteiger partial charge is 0.324 e. The van der Waals surface area contributed by atoms with Gasteiger partial charge < -0.3 is 5.32 Å². The van der Waals surface area contributed by atoms with E-state index < -0.39 is 18.9 Å². The first kappa shape index (κ1) is 15.5. The molecular weight excluding hydrogens is 310 g/mol. The first-order valence-corrected chi connectivity index (χ1v) is 6.26. The van der Waals surface area contributed by atoms with Crippen molar-refractivity contribution >= 4 is 17.4 Å². The quantitative estimate of drug-likeness (QED) is 0.666. The molecule has 2 rings (SSSR count). The van der Waals surface area contributed by atoms with E-state index in [9.17, 15) is 17.6 Å². The van der Waals surface area contributed by atoms with Crippen LogP contribution in [0.4, 0.5) is 23.4 Å². The zero-order chi connectivity index (χ0) is 15.5. The van der Waals surface area contributed by atoms with Crippen LogP contribution >= 0.6 is 11.6 Å². The standard InChI is InChI=1S/C13H10ClF4N3/c14-9-6-10(19-7-13(17,18)12(15)16)21-11(20-9)8-4-2-1-3-5-8/h1-6,12H,7H2,(H,19,20,21). The maximum absolute atomic E-state index is 12.9. The lowest BCUT2D eigenvalue weighted by atomic mass is 10.2. The molecule has 0 radical (unpaired) electrons. The highest BCUT2D eigenvalue weighted by Gasteiger charge is 2.40. The normalized spacial score (nSPS) is 11.7. The van der Waals surface area contributed by atoms with Gasteiger partial charge in [-0.3, -0.25) is 0 Å². The number of benzene rings is 1. The summed E-state index contributed by atoms with van der Waals surface area (Å²) in [6.07, 6.45) is -3.75. The molecule has 0 saturated carbocycles.